The number of rotatable bonds is 3. The fourth-order valence-corrected chi connectivity index (χ4v) is 6.22. The van der Waals surface area contributed by atoms with Crippen LogP contribution in [-0.4, -0.2) is 10.6 Å². The molecule has 0 spiro atoms. The zero-order chi connectivity index (χ0) is 16.1. The number of nitrogens with zero attached hydrogens (tertiary/aromatic N) is 1. The second kappa shape index (κ2) is 9.71. The van der Waals surface area contributed by atoms with Gasteiger partial charge in [-0.2, -0.15) is 0 Å². The molecule has 1 aromatic rings. The second-order valence-electron chi connectivity index (χ2n) is 3.08. The lowest BCUT2D eigenvalue weighted by Gasteiger charge is -2.12. The van der Waals surface area contributed by atoms with Gasteiger partial charge < -0.3 is 0 Å². The minimum atomic E-state index is -1.48. The molecule has 0 saturated carbocycles. The molecule has 0 radical (unpaired) electrons. The van der Waals surface area contributed by atoms with E-state index in [1.807, 2.05) is 0 Å². The highest BCUT2D eigenvalue weighted by atomic mass is 35.6. The average molecular weight is 503 g/mol. The Morgan fingerprint density at radius 3 is 1.62 bits per heavy atom. The summed E-state index contributed by atoms with van der Waals surface area (Å²) >= 11 is 40.0. The van der Waals surface area contributed by atoms with Crippen LogP contribution in [0.4, 0.5) is 5.69 Å². The van der Waals surface area contributed by atoms with Crippen molar-refractivity contribution < 1.29 is 0 Å². The van der Waals surface area contributed by atoms with E-state index < -0.39 is 6.25 Å². The number of benzene rings is 1. The summed E-state index contributed by atoms with van der Waals surface area (Å²) in [4.78, 5) is 4.40. The number of hydrogen-bond donors (Lipinski definition) is 0. The minimum Gasteiger partial charge on any atom is -0.233 e. The first-order valence-corrected chi connectivity index (χ1v) is 11.7. The molecule has 0 saturated heterocycles. The molecule has 0 N–H and O–H groups in total. The first kappa shape index (κ1) is 21.4. The lowest BCUT2D eigenvalue weighted by molar-refractivity contribution is 1.55. The van der Waals surface area contributed by atoms with Gasteiger partial charge in [-0.3, -0.25) is 0 Å². The molecule has 0 aliphatic heterocycles. The molecule has 0 heterocycles. The highest BCUT2D eigenvalue weighted by molar-refractivity contribution is 8.96. The van der Waals surface area contributed by atoms with Crippen molar-refractivity contribution in [3.63, 3.8) is 0 Å². The zero-order valence-electron chi connectivity index (χ0n) is 9.54. The summed E-state index contributed by atoms with van der Waals surface area (Å²) in [7, 11) is 4.36. The normalized spacial score (nSPS) is 12.3. The first-order chi connectivity index (χ1) is 9.55. The largest absolute Gasteiger partial charge is 0.247 e. The molecule has 0 aliphatic carbocycles. The summed E-state index contributed by atoms with van der Waals surface area (Å²) < 4.78 is -2.39. The maximum atomic E-state index is 5.82. The van der Waals surface area contributed by atoms with Gasteiger partial charge in [-0.25, -0.2) is 4.99 Å². The fraction of sp³-hybridized carbons (Fsp3) is 0.222. The van der Waals surface area contributed by atoms with Gasteiger partial charge in [-0.1, -0.05) is 81.2 Å². The van der Waals surface area contributed by atoms with Crippen molar-refractivity contribution in [3.05, 3.63) is 29.3 Å². The van der Waals surface area contributed by atoms with Crippen LogP contribution in [0.3, 0.4) is 0 Å². The average Bonchev–Trinajstić information content (AvgIpc) is 2.33. The highest BCUT2D eigenvalue weighted by Gasteiger charge is 2.26. The van der Waals surface area contributed by atoms with Gasteiger partial charge in [-0.15, -0.1) is 0 Å². The van der Waals surface area contributed by atoms with Crippen LogP contribution >= 0.6 is 124 Å². The van der Waals surface area contributed by atoms with Crippen LogP contribution in [0.1, 0.15) is 0 Å². The highest BCUT2D eigenvalue weighted by Crippen LogP contribution is 2.53. The molecule has 0 bridgehead atoms. The maximum absolute atomic E-state index is 5.82. The smallest absolute Gasteiger partial charge is 0.233 e. The van der Waals surface area contributed by atoms with E-state index in [1.54, 1.807) is 24.3 Å². The molecule has 0 aliphatic rings. The Kier molecular flexibility index (Phi) is 9.88. The molecule has 21 heavy (non-hydrogen) atoms. The van der Waals surface area contributed by atoms with E-state index in [0.717, 1.165) is 21.6 Å². The molecule has 0 fully saturated rings. The fourth-order valence-electron chi connectivity index (χ4n) is 0.838. The third-order valence-electron chi connectivity index (χ3n) is 1.46. The third-order valence-corrected chi connectivity index (χ3v) is 9.84. The Morgan fingerprint density at radius 1 is 0.810 bits per heavy atom. The standard InChI is InChI=1S/C9H4Cl7NS4/c10-5-1-3-6(4-2-5)17-7(18-20-8(11,12)13)19-21-9(14,15)16/h1-4H. The van der Waals surface area contributed by atoms with Gasteiger partial charge >= 0.3 is 0 Å². The van der Waals surface area contributed by atoms with Crippen molar-refractivity contribution in [2.24, 2.45) is 4.99 Å². The van der Waals surface area contributed by atoms with Crippen LogP contribution in [0.25, 0.3) is 0 Å². The summed E-state index contributed by atoms with van der Waals surface area (Å²) in [5.41, 5.74) is 0.684. The molecule has 118 valence electrons. The van der Waals surface area contributed by atoms with Crippen molar-refractivity contribution in [2.45, 2.75) is 6.25 Å². The van der Waals surface area contributed by atoms with Gasteiger partial charge in [-0.05, 0) is 67.4 Å². The van der Waals surface area contributed by atoms with Crippen LogP contribution in [-0.2, 0) is 0 Å². The van der Waals surface area contributed by atoms with E-state index in [4.69, 9.17) is 81.2 Å². The van der Waals surface area contributed by atoms with E-state index in [9.17, 15) is 0 Å². The van der Waals surface area contributed by atoms with Crippen LogP contribution in [0.2, 0.25) is 5.02 Å². The predicted octanol–water partition coefficient (Wildman–Crippen LogP) is 8.75. The minimum absolute atomic E-state index is 0.560. The zero-order valence-corrected chi connectivity index (χ0v) is 18.1. The van der Waals surface area contributed by atoms with E-state index in [2.05, 4.69) is 4.99 Å². The van der Waals surface area contributed by atoms with Gasteiger partial charge in [0.15, 0.2) is 4.38 Å². The Morgan fingerprint density at radius 2 is 1.24 bits per heavy atom. The number of aliphatic imine (C=N–C) groups is 1. The summed E-state index contributed by atoms with van der Waals surface area (Å²) in [5.74, 6) is 0. The van der Waals surface area contributed by atoms with Gasteiger partial charge in [0.25, 0.3) is 0 Å². The molecular weight excluding hydrogens is 499 g/mol. The molecule has 1 aromatic carbocycles. The maximum Gasteiger partial charge on any atom is 0.247 e. The Bertz CT molecular complexity index is 462. The van der Waals surface area contributed by atoms with Crippen LogP contribution < -0.4 is 0 Å². The lowest BCUT2D eigenvalue weighted by atomic mass is 10.3. The number of halogens is 7. The molecule has 1 rings (SSSR count). The van der Waals surface area contributed by atoms with E-state index >= 15 is 0 Å². The van der Waals surface area contributed by atoms with Gasteiger partial charge in [0.05, 0.1) is 5.69 Å². The summed E-state index contributed by atoms with van der Waals surface area (Å²) in [5, 5.41) is 0.613. The van der Waals surface area contributed by atoms with Gasteiger partial charge in [0.1, 0.15) is 0 Å². The third kappa shape index (κ3) is 11.5. The molecule has 12 heteroatoms. The van der Waals surface area contributed by atoms with Crippen LogP contribution in [0, 0.1) is 0 Å². The van der Waals surface area contributed by atoms with Gasteiger partial charge in [0.2, 0.25) is 6.25 Å². The first-order valence-electron chi connectivity index (χ1n) is 4.74. The number of hydrogen-bond acceptors (Lipinski definition) is 5. The Labute approximate surface area is 173 Å². The van der Waals surface area contributed by atoms with Crippen LogP contribution in [0.15, 0.2) is 29.3 Å². The summed E-state index contributed by atoms with van der Waals surface area (Å²) in [6.07, 6.45) is 0. The van der Waals surface area contributed by atoms with E-state index in [-0.39, 0.29) is 0 Å². The molecule has 0 amide bonds. The quantitative estimate of drug-likeness (QED) is 0.177. The van der Waals surface area contributed by atoms with Gasteiger partial charge in [0, 0.05) is 5.02 Å². The van der Waals surface area contributed by atoms with Crippen LogP contribution in [0.5, 0.6) is 0 Å². The molecule has 0 atom stereocenters. The lowest BCUT2D eigenvalue weighted by Crippen LogP contribution is -1.94. The SMILES string of the molecule is Clc1ccc(N=C(SSC(Cl)(Cl)Cl)SSC(Cl)(Cl)Cl)cc1. The Balaban J connectivity index is 2.81. The topological polar surface area (TPSA) is 12.4 Å². The molecule has 0 aromatic heterocycles. The Hall–Kier alpha value is 2.32. The summed E-state index contributed by atoms with van der Waals surface area (Å²) in [6, 6.07) is 6.95. The predicted molar refractivity (Wildman–Crippen MR) is 109 cm³/mol. The molecule has 1 nitrogen and oxygen atoms in total. The van der Waals surface area contributed by atoms with Crippen molar-refractivity contribution in [1.29, 1.82) is 0 Å². The number of alkyl halides is 6. The summed E-state index contributed by atoms with van der Waals surface area (Å²) in [6.45, 7) is 0. The monoisotopic (exact) mass is 499 g/mol. The van der Waals surface area contributed by atoms with Crippen molar-refractivity contribution >= 4 is 134 Å². The second-order valence-corrected chi connectivity index (χ2v) is 14.3. The van der Waals surface area contributed by atoms with E-state index in [1.165, 1.54) is 21.6 Å². The molecular formula is C9H4Cl7NS4. The molecule has 0 unspecified atom stereocenters. The van der Waals surface area contributed by atoms with Crippen molar-refractivity contribution in [3.8, 4) is 0 Å². The van der Waals surface area contributed by atoms with Crippen molar-refractivity contribution in [2.75, 3.05) is 0 Å². The van der Waals surface area contributed by atoms with Crippen molar-refractivity contribution in [1.82, 2.24) is 0 Å². The van der Waals surface area contributed by atoms with E-state index in [0.29, 0.717) is 15.1 Å².